The number of rotatable bonds is 18. The van der Waals surface area contributed by atoms with Crippen molar-refractivity contribution in [3.05, 3.63) is 0 Å². The monoisotopic (exact) mass is 364 g/mol. The lowest BCUT2D eigenvalue weighted by molar-refractivity contribution is 0.812. The number of hydrogen-bond donors (Lipinski definition) is 0. The molecule has 0 atom stereocenters. The van der Waals surface area contributed by atoms with Crippen molar-refractivity contribution in [1.82, 2.24) is 0 Å². The molecule has 0 aliphatic carbocycles. The highest BCUT2D eigenvalue weighted by molar-refractivity contribution is 6.59. The zero-order chi connectivity index (χ0) is 19.9. The molecule has 0 fully saturated rings. The summed E-state index contributed by atoms with van der Waals surface area (Å²) in [6.45, 7) is 15.9. The van der Waals surface area contributed by atoms with Crippen LogP contribution in [0.25, 0.3) is 0 Å². The molecule has 0 bridgehead atoms. The molecule has 0 spiro atoms. The Morgan fingerprint density at radius 1 is 0.308 bits per heavy atom. The molecule has 0 N–H and O–H groups in total. The topological polar surface area (TPSA) is 0 Å². The minimum atomic E-state index is 1.04. The van der Waals surface area contributed by atoms with Crippen molar-refractivity contribution in [3.63, 3.8) is 0 Å². The van der Waals surface area contributed by atoms with Crippen molar-refractivity contribution >= 4 is 13.4 Å². The summed E-state index contributed by atoms with van der Waals surface area (Å²) in [4.78, 5) is 0. The minimum absolute atomic E-state index is 1.04. The van der Waals surface area contributed by atoms with Crippen LogP contribution in [0, 0.1) is 0 Å². The average Bonchev–Trinajstić information content (AvgIpc) is 2.67. The van der Waals surface area contributed by atoms with Crippen LogP contribution in [0.4, 0.5) is 0 Å². The Bertz CT molecular complexity index is 168. The van der Waals surface area contributed by atoms with Gasteiger partial charge in [0, 0.05) is 0 Å². The van der Waals surface area contributed by atoms with Gasteiger partial charge in [-0.25, -0.2) is 0 Å². The van der Waals surface area contributed by atoms with Crippen LogP contribution in [-0.2, 0) is 0 Å². The molecule has 0 rings (SSSR count). The lowest BCUT2D eigenvalue weighted by Crippen LogP contribution is -2.11. The van der Waals surface area contributed by atoms with Gasteiger partial charge in [-0.05, 0) is 0 Å². The van der Waals surface area contributed by atoms with Crippen LogP contribution in [0.15, 0.2) is 0 Å². The molecule has 0 amide bonds. The predicted molar refractivity (Wildman–Crippen MR) is 130 cm³/mol. The molecule has 0 saturated heterocycles. The molecule has 0 saturated carbocycles. The zero-order valence-corrected chi connectivity index (χ0v) is 19.9. The highest BCUT2D eigenvalue weighted by Crippen LogP contribution is 2.17. The Morgan fingerprint density at radius 3 is 0.577 bits per heavy atom. The fourth-order valence-electron chi connectivity index (χ4n) is 3.82. The molecule has 0 aromatic rings. The predicted octanol–water partition coefficient (Wildman–Crippen LogP) is 9.76. The second kappa shape index (κ2) is 25.1. The highest BCUT2D eigenvalue weighted by Gasteiger charge is 2.11. The quantitative estimate of drug-likeness (QED) is 0.212. The van der Waals surface area contributed by atoms with Gasteiger partial charge in [-0.2, -0.15) is 0 Å². The molecule has 0 aliphatic rings. The van der Waals surface area contributed by atoms with Gasteiger partial charge in [-0.1, -0.05) is 157 Å². The van der Waals surface area contributed by atoms with Gasteiger partial charge in [-0.15, -0.1) is 0 Å². The summed E-state index contributed by atoms with van der Waals surface area (Å²) in [5.74, 6) is 0. The largest absolute Gasteiger partial charge is 0.139 e. The number of unbranched alkanes of at least 4 members (excludes halogenated alkanes) is 6. The lowest BCUT2D eigenvalue weighted by atomic mass is 9.41. The average molecular weight is 364 g/mol. The maximum atomic E-state index is 2.30. The SMILES string of the molecule is CCCCB(CCCC)CCCC.CCCCB(CCCC)CCCC. The third kappa shape index (κ3) is 22.2. The van der Waals surface area contributed by atoms with Gasteiger partial charge in [0.2, 0.25) is 0 Å². The van der Waals surface area contributed by atoms with Crippen molar-refractivity contribution in [1.29, 1.82) is 0 Å². The number of hydrogen-bond acceptors (Lipinski definition) is 0. The van der Waals surface area contributed by atoms with Gasteiger partial charge >= 0.3 is 0 Å². The molecule has 0 heterocycles. The van der Waals surface area contributed by atoms with Crippen molar-refractivity contribution in [2.24, 2.45) is 0 Å². The van der Waals surface area contributed by atoms with Gasteiger partial charge in [0.05, 0.1) is 0 Å². The molecule has 0 radical (unpaired) electrons. The summed E-state index contributed by atoms with van der Waals surface area (Å²) in [5.41, 5.74) is 0. The van der Waals surface area contributed by atoms with Crippen molar-refractivity contribution < 1.29 is 0 Å². The summed E-state index contributed by atoms with van der Waals surface area (Å²) in [6, 6.07) is 0. The van der Waals surface area contributed by atoms with E-state index in [-0.39, 0.29) is 0 Å². The second-order valence-electron chi connectivity index (χ2n) is 8.59. The first kappa shape index (κ1) is 28.3. The Labute approximate surface area is 170 Å². The standard InChI is InChI=1S/2C12H27B/c2*1-4-7-10-13(11-8-5-2)12-9-6-3/h2*4-12H2,1-3H3. The first-order chi connectivity index (χ1) is 12.7. The fraction of sp³-hybridized carbons (Fsp3) is 1.00. The maximum Gasteiger partial charge on any atom is 0.139 e. The van der Waals surface area contributed by atoms with Crippen LogP contribution >= 0.6 is 0 Å². The van der Waals surface area contributed by atoms with E-state index in [0.717, 1.165) is 13.4 Å². The summed E-state index contributed by atoms with van der Waals surface area (Å²) in [5, 5.41) is 0. The van der Waals surface area contributed by atoms with E-state index in [2.05, 4.69) is 41.5 Å². The van der Waals surface area contributed by atoms with Crippen LogP contribution in [0.1, 0.15) is 119 Å². The zero-order valence-electron chi connectivity index (χ0n) is 19.9. The molecule has 0 nitrogen and oxygen atoms in total. The van der Waals surface area contributed by atoms with Gasteiger partial charge in [0.1, 0.15) is 13.4 Å². The van der Waals surface area contributed by atoms with Gasteiger partial charge in [0.15, 0.2) is 0 Å². The van der Waals surface area contributed by atoms with Crippen molar-refractivity contribution in [2.75, 3.05) is 0 Å². The van der Waals surface area contributed by atoms with Gasteiger partial charge in [-0.3, -0.25) is 0 Å². The highest BCUT2D eigenvalue weighted by atomic mass is 13.9. The molecular weight excluding hydrogens is 310 g/mol. The second-order valence-corrected chi connectivity index (χ2v) is 8.59. The Morgan fingerprint density at radius 2 is 0.462 bits per heavy atom. The van der Waals surface area contributed by atoms with E-state index < -0.39 is 0 Å². The van der Waals surface area contributed by atoms with E-state index in [1.165, 1.54) is 115 Å². The van der Waals surface area contributed by atoms with Crippen LogP contribution in [0.5, 0.6) is 0 Å². The van der Waals surface area contributed by atoms with E-state index in [0.29, 0.717) is 0 Å². The normalized spacial score (nSPS) is 10.4. The third-order valence-corrected chi connectivity index (χ3v) is 5.80. The summed E-state index contributed by atoms with van der Waals surface area (Å²) in [7, 11) is 0. The Kier molecular flexibility index (Phi) is 27.4. The van der Waals surface area contributed by atoms with Crippen LogP contribution in [0.2, 0.25) is 37.9 Å². The van der Waals surface area contributed by atoms with E-state index in [1.54, 1.807) is 0 Å². The maximum absolute atomic E-state index is 2.30. The van der Waals surface area contributed by atoms with E-state index >= 15 is 0 Å². The minimum Gasteiger partial charge on any atom is -0.0742 e. The fourth-order valence-corrected chi connectivity index (χ4v) is 3.82. The first-order valence-corrected chi connectivity index (χ1v) is 12.7. The van der Waals surface area contributed by atoms with E-state index in [1.807, 2.05) is 0 Å². The molecule has 156 valence electrons. The summed E-state index contributed by atoms with van der Waals surface area (Å²) in [6.07, 6.45) is 25.8. The molecule has 2 heteroatoms. The Balaban J connectivity index is 0. The lowest BCUT2D eigenvalue weighted by Gasteiger charge is -2.11. The van der Waals surface area contributed by atoms with Crippen LogP contribution in [0.3, 0.4) is 0 Å². The van der Waals surface area contributed by atoms with E-state index in [9.17, 15) is 0 Å². The van der Waals surface area contributed by atoms with Gasteiger partial charge < -0.3 is 0 Å². The third-order valence-electron chi connectivity index (χ3n) is 5.80. The first-order valence-electron chi connectivity index (χ1n) is 12.7. The van der Waals surface area contributed by atoms with Crippen LogP contribution < -0.4 is 0 Å². The smallest absolute Gasteiger partial charge is 0.0742 e. The molecule has 26 heavy (non-hydrogen) atoms. The van der Waals surface area contributed by atoms with Crippen LogP contribution in [-0.4, -0.2) is 13.4 Å². The van der Waals surface area contributed by atoms with Crippen molar-refractivity contribution in [3.8, 4) is 0 Å². The van der Waals surface area contributed by atoms with E-state index in [4.69, 9.17) is 0 Å². The van der Waals surface area contributed by atoms with Gasteiger partial charge in [0.25, 0.3) is 0 Å². The molecule has 0 aliphatic heterocycles. The molecule has 0 aromatic heterocycles. The summed E-state index contributed by atoms with van der Waals surface area (Å²) >= 11 is 0. The molecule has 0 aromatic carbocycles. The molecular formula is C24H54B2. The van der Waals surface area contributed by atoms with Crippen molar-refractivity contribution in [2.45, 2.75) is 157 Å². The molecule has 0 unspecified atom stereocenters. The summed E-state index contributed by atoms with van der Waals surface area (Å²) < 4.78 is 0. The Hall–Kier alpha value is 0.130.